The number of hydrogen-bond donors (Lipinski definition) is 3. The molecule has 6 heteroatoms. The third-order valence-corrected chi connectivity index (χ3v) is 2.71. The Kier molecular flexibility index (Phi) is 3.84. The van der Waals surface area contributed by atoms with Gasteiger partial charge in [-0.15, -0.1) is 0 Å². The Morgan fingerprint density at radius 2 is 2.10 bits per heavy atom. The highest BCUT2D eigenvalue weighted by Gasteiger charge is 2.13. The zero-order valence-corrected chi connectivity index (χ0v) is 10.7. The molecule has 0 aliphatic carbocycles. The van der Waals surface area contributed by atoms with Gasteiger partial charge in [0.2, 0.25) is 0 Å². The molecule has 2 aromatic rings. The lowest BCUT2D eigenvalue weighted by atomic mass is 10.1. The predicted octanol–water partition coefficient (Wildman–Crippen LogP) is 2.72. The maximum absolute atomic E-state index is 13.3. The van der Waals surface area contributed by atoms with Gasteiger partial charge in [-0.05, 0) is 37.3 Å². The number of carbonyl (C=O) groups is 1. The van der Waals surface area contributed by atoms with Crippen LogP contribution in [0.4, 0.5) is 10.2 Å². The van der Waals surface area contributed by atoms with Crippen LogP contribution in [0.3, 0.4) is 0 Å². The van der Waals surface area contributed by atoms with Gasteiger partial charge in [0.15, 0.2) is 11.6 Å². The number of phenolic OH excluding ortho intramolecular Hbond substituents is 1. The number of aromatic carboxylic acids is 1. The fourth-order valence-electron chi connectivity index (χ4n) is 1.76. The third-order valence-electron chi connectivity index (χ3n) is 2.71. The Balaban J connectivity index is 2.49. The number of phenols is 1. The van der Waals surface area contributed by atoms with E-state index in [2.05, 4.69) is 10.3 Å². The van der Waals surface area contributed by atoms with Crippen LogP contribution in [0, 0.1) is 5.82 Å². The van der Waals surface area contributed by atoms with Crippen molar-refractivity contribution in [1.82, 2.24) is 4.98 Å². The van der Waals surface area contributed by atoms with Gasteiger partial charge in [-0.25, -0.2) is 14.2 Å². The van der Waals surface area contributed by atoms with Crippen molar-refractivity contribution in [2.75, 3.05) is 11.9 Å². The minimum absolute atomic E-state index is 0.0508. The summed E-state index contributed by atoms with van der Waals surface area (Å²) in [5.41, 5.74) is 0.927. The molecule has 2 rings (SSSR count). The van der Waals surface area contributed by atoms with Gasteiger partial charge in [0.1, 0.15) is 11.4 Å². The van der Waals surface area contributed by atoms with E-state index in [9.17, 15) is 9.18 Å². The fourth-order valence-corrected chi connectivity index (χ4v) is 1.76. The molecule has 20 heavy (non-hydrogen) atoms. The molecule has 1 aromatic heterocycles. The lowest BCUT2D eigenvalue weighted by Crippen LogP contribution is -2.08. The van der Waals surface area contributed by atoms with Crippen LogP contribution in [0.1, 0.15) is 17.3 Å². The van der Waals surface area contributed by atoms with Crippen LogP contribution >= 0.6 is 0 Å². The Morgan fingerprint density at radius 1 is 1.35 bits per heavy atom. The molecule has 0 amide bonds. The predicted molar refractivity (Wildman–Crippen MR) is 72.4 cm³/mol. The van der Waals surface area contributed by atoms with Gasteiger partial charge < -0.3 is 15.5 Å². The summed E-state index contributed by atoms with van der Waals surface area (Å²) < 4.78 is 13.3. The third kappa shape index (κ3) is 2.69. The molecule has 0 fully saturated rings. The summed E-state index contributed by atoms with van der Waals surface area (Å²) >= 11 is 0. The van der Waals surface area contributed by atoms with Crippen LogP contribution in [0.15, 0.2) is 30.3 Å². The number of hydrogen-bond acceptors (Lipinski definition) is 4. The van der Waals surface area contributed by atoms with Crippen molar-refractivity contribution in [3.8, 4) is 17.0 Å². The molecule has 1 aromatic carbocycles. The van der Waals surface area contributed by atoms with E-state index in [0.29, 0.717) is 17.8 Å². The molecule has 0 aliphatic heterocycles. The highest BCUT2D eigenvalue weighted by Crippen LogP contribution is 2.25. The molecule has 1 heterocycles. The van der Waals surface area contributed by atoms with E-state index in [4.69, 9.17) is 10.2 Å². The average molecular weight is 276 g/mol. The second-order valence-corrected chi connectivity index (χ2v) is 4.09. The lowest BCUT2D eigenvalue weighted by molar-refractivity contribution is 0.0697. The molecule has 5 nitrogen and oxygen atoms in total. The molecule has 0 atom stereocenters. The molecule has 3 N–H and O–H groups in total. The van der Waals surface area contributed by atoms with Crippen molar-refractivity contribution in [1.29, 1.82) is 0 Å². The number of carboxylic acids is 1. The van der Waals surface area contributed by atoms with E-state index in [-0.39, 0.29) is 11.4 Å². The second kappa shape index (κ2) is 5.56. The first-order chi connectivity index (χ1) is 9.52. The fraction of sp³-hybridized carbons (Fsp3) is 0.143. The quantitative estimate of drug-likeness (QED) is 0.799. The first-order valence-electron chi connectivity index (χ1n) is 6.00. The van der Waals surface area contributed by atoms with Gasteiger partial charge in [0, 0.05) is 12.1 Å². The summed E-state index contributed by atoms with van der Waals surface area (Å²) in [5, 5.41) is 21.1. The molecule has 0 bridgehead atoms. The van der Waals surface area contributed by atoms with E-state index in [1.54, 1.807) is 0 Å². The smallest absolute Gasteiger partial charge is 0.339 e. The summed E-state index contributed by atoms with van der Waals surface area (Å²) in [4.78, 5) is 15.3. The zero-order chi connectivity index (χ0) is 14.7. The van der Waals surface area contributed by atoms with Gasteiger partial charge >= 0.3 is 5.97 Å². The van der Waals surface area contributed by atoms with Crippen molar-refractivity contribution >= 4 is 11.8 Å². The van der Waals surface area contributed by atoms with Crippen LogP contribution in [0.25, 0.3) is 11.3 Å². The highest BCUT2D eigenvalue weighted by atomic mass is 19.1. The number of anilines is 1. The van der Waals surface area contributed by atoms with Crippen molar-refractivity contribution in [2.45, 2.75) is 6.92 Å². The normalized spacial score (nSPS) is 10.3. The van der Waals surface area contributed by atoms with Gasteiger partial charge in [0.25, 0.3) is 0 Å². The number of carboxylic acid groups (broad SMARTS) is 1. The first-order valence-corrected chi connectivity index (χ1v) is 6.00. The summed E-state index contributed by atoms with van der Waals surface area (Å²) in [5.74, 6) is -2.05. The largest absolute Gasteiger partial charge is 0.505 e. The lowest BCUT2D eigenvalue weighted by Gasteiger charge is -2.09. The maximum atomic E-state index is 13.3. The van der Waals surface area contributed by atoms with E-state index in [1.807, 2.05) is 6.92 Å². The number of pyridine rings is 1. The number of aromatic hydroxyl groups is 1. The van der Waals surface area contributed by atoms with Gasteiger partial charge in [-0.1, -0.05) is 0 Å². The average Bonchev–Trinajstić information content (AvgIpc) is 2.42. The number of rotatable bonds is 4. The molecule has 104 valence electrons. The molecular weight excluding hydrogens is 263 g/mol. The number of benzene rings is 1. The van der Waals surface area contributed by atoms with Gasteiger partial charge in [-0.3, -0.25) is 0 Å². The molecule has 0 aliphatic rings. The van der Waals surface area contributed by atoms with Gasteiger partial charge in [-0.2, -0.15) is 0 Å². The standard InChI is InChI=1S/C14H13FN2O3/c1-2-16-13-9(14(19)20)4-5-11(17-13)8-3-6-12(18)10(15)7-8/h3-7,18H,2H2,1H3,(H,16,17)(H,19,20). The molecule has 0 saturated heterocycles. The van der Waals surface area contributed by atoms with E-state index >= 15 is 0 Å². The summed E-state index contributed by atoms with van der Waals surface area (Å²) in [7, 11) is 0. The highest BCUT2D eigenvalue weighted by molar-refractivity contribution is 5.93. The molecule has 0 radical (unpaired) electrons. The van der Waals surface area contributed by atoms with Crippen molar-refractivity contribution < 1.29 is 19.4 Å². The van der Waals surface area contributed by atoms with Crippen molar-refractivity contribution in [3.05, 3.63) is 41.7 Å². The summed E-state index contributed by atoms with van der Waals surface area (Å²) in [6.07, 6.45) is 0. The van der Waals surface area contributed by atoms with Crippen LogP contribution < -0.4 is 5.32 Å². The maximum Gasteiger partial charge on any atom is 0.339 e. The van der Waals surface area contributed by atoms with Crippen molar-refractivity contribution in [3.63, 3.8) is 0 Å². The minimum Gasteiger partial charge on any atom is -0.505 e. The summed E-state index contributed by atoms with van der Waals surface area (Å²) in [6.45, 7) is 2.33. The first kappa shape index (κ1) is 13.8. The van der Waals surface area contributed by atoms with E-state index in [0.717, 1.165) is 6.07 Å². The van der Waals surface area contributed by atoms with Gasteiger partial charge in [0.05, 0.1) is 5.69 Å². The van der Waals surface area contributed by atoms with Crippen molar-refractivity contribution in [2.24, 2.45) is 0 Å². The number of nitrogens with zero attached hydrogens (tertiary/aromatic N) is 1. The number of nitrogens with one attached hydrogen (secondary N) is 1. The second-order valence-electron chi connectivity index (χ2n) is 4.09. The SMILES string of the molecule is CCNc1nc(-c2ccc(O)c(F)c2)ccc1C(=O)O. The minimum atomic E-state index is -1.09. The molecular formula is C14H13FN2O3. The van der Waals surface area contributed by atoms with Crippen LogP contribution in [0.5, 0.6) is 5.75 Å². The molecule has 0 saturated carbocycles. The monoisotopic (exact) mass is 276 g/mol. The topological polar surface area (TPSA) is 82.5 Å². The van der Waals surface area contributed by atoms with E-state index in [1.165, 1.54) is 24.3 Å². The van der Waals surface area contributed by atoms with E-state index < -0.39 is 17.5 Å². The molecule has 0 unspecified atom stereocenters. The molecule has 0 spiro atoms. The van der Waals surface area contributed by atoms with Crippen LogP contribution in [0.2, 0.25) is 0 Å². The Labute approximate surface area is 114 Å². The Hall–Kier alpha value is -2.63. The summed E-state index contributed by atoms with van der Waals surface area (Å²) in [6, 6.07) is 6.79. The van der Waals surface area contributed by atoms with Crippen LogP contribution in [-0.4, -0.2) is 27.7 Å². The number of halogens is 1. The Morgan fingerprint density at radius 3 is 2.70 bits per heavy atom. The zero-order valence-electron chi connectivity index (χ0n) is 10.7. The van der Waals surface area contributed by atoms with Crippen LogP contribution in [-0.2, 0) is 0 Å². The number of aromatic nitrogens is 1. The Bertz CT molecular complexity index is 659.